The van der Waals surface area contributed by atoms with Crippen LogP contribution in [0, 0.1) is 6.92 Å². The summed E-state index contributed by atoms with van der Waals surface area (Å²) in [7, 11) is 1.65. The quantitative estimate of drug-likeness (QED) is 0.764. The molecule has 0 amide bonds. The normalized spacial score (nSPS) is 14.6. The summed E-state index contributed by atoms with van der Waals surface area (Å²) in [5.41, 5.74) is 0.984. The van der Waals surface area contributed by atoms with Crippen molar-refractivity contribution >= 4 is 11.8 Å². The minimum Gasteiger partial charge on any atom is -0.497 e. The van der Waals surface area contributed by atoms with Gasteiger partial charge in [0.1, 0.15) is 23.9 Å². The molecule has 6 nitrogen and oxygen atoms in total. The molecule has 3 rings (SSSR count). The van der Waals surface area contributed by atoms with Crippen LogP contribution in [-0.2, 0) is 0 Å². The van der Waals surface area contributed by atoms with Crippen LogP contribution in [-0.4, -0.2) is 43.3 Å². The van der Waals surface area contributed by atoms with Crippen molar-refractivity contribution in [3.63, 3.8) is 0 Å². The van der Waals surface area contributed by atoms with Gasteiger partial charge in [-0.1, -0.05) is 12.8 Å². The number of nitrogens with zero attached hydrogens (tertiary/aromatic N) is 3. The summed E-state index contributed by atoms with van der Waals surface area (Å²) in [6, 6.07) is 9.66. The summed E-state index contributed by atoms with van der Waals surface area (Å²) in [5.74, 6) is 3.34. The molecule has 0 bridgehead atoms. The first kappa shape index (κ1) is 18.3. The molecule has 0 aliphatic carbocycles. The molecule has 6 heteroatoms. The lowest BCUT2D eigenvalue weighted by Crippen LogP contribution is -2.25. The molecule has 1 saturated heterocycles. The molecular weight excluding hydrogens is 328 g/mol. The van der Waals surface area contributed by atoms with E-state index in [1.54, 1.807) is 7.11 Å². The fourth-order valence-corrected chi connectivity index (χ4v) is 3.10. The molecule has 1 aromatic carbocycles. The Hall–Kier alpha value is -2.50. The second-order valence-electron chi connectivity index (χ2n) is 6.54. The van der Waals surface area contributed by atoms with Gasteiger partial charge in [-0.05, 0) is 44.0 Å². The topological polar surface area (TPSA) is 59.5 Å². The summed E-state index contributed by atoms with van der Waals surface area (Å²) in [5, 5.41) is 3.27. The molecule has 0 saturated carbocycles. The van der Waals surface area contributed by atoms with E-state index in [0.717, 1.165) is 36.1 Å². The maximum Gasteiger partial charge on any atom is 0.224 e. The average Bonchev–Trinajstić information content (AvgIpc) is 2.95. The highest BCUT2D eigenvalue weighted by atomic mass is 16.5. The second-order valence-corrected chi connectivity index (χ2v) is 6.54. The number of nitrogens with one attached hydrogen (secondary N) is 1. The summed E-state index contributed by atoms with van der Waals surface area (Å²) in [6.07, 6.45) is 5.10. The lowest BCUT2D eigenvalue weighted by molar-refractivity contribution is 0.331. The van der Waals surface area contributed by atoms with Crippen molar-refractivity contribution < 1.29 is 9.47 Å². The average molecular weight is 356 g/mol. The predicted octanol–water partition coefficient (Wildman–Crippen LogP) is 3.66. The second kappa shape index (κ2) is 9.27. The van der Waals surface area contributed by atoms with Gasteiger partial charge in [0.05, 0.1) is 13.7 Å². The number of ether oxygens (including phenoxy) is 2. The third-order valence-corrected chi connectivity index (χ3v) is 4.48. The van der Waals surface area contributed by atoms with Crippen molar-refractivity contribution in [2.24, 2.45) is 0 Å². The molecule has 1 aliphatic heterocycles. The van der Waals surface area contributed by atoms with Crippen LogP contribution in [0.5, 0.6) is 11.5 Å². The Kier molecular flexibility index (Phi) is 6.52. The molecule has 2 aromatic rings. The number of anilines is 2. The summed E-state index contributed by atoms with van der Waals surface area (Å²) < 4.78 is 10.9. The SMILES string of the molecule is COc1ccc(OCCNc2nc(C)cc(N3CCCCCC3)n2)cc1. The fourth-order valence-electron chi connectivity index (χ4n) is 3.10. The third kappa shape index (κ3) is 5.25. The lowest BCUT2D eigenvalue weighted by atomic mass is 10.2. The first-order valence-corrected chi connectivity index (χ1v) is 9.36. The Labute approximate surface area is 155 Å². The van der Waals surface area contributed by atoms with Gasteiger partial charge >= 0.3 is 0 Å². The van der Waals surface area contributed by atoms with E-state index in [1.807, 2.05) is 31.2 Å². The highest BCUT2D eigenvalue weighted by Crippen LogP contribution is 2.20. The monoisotopic (exact) mass is 356 g/mol. The number of benzene rings is 1. The highest BCUT2D eigenvalue weighted by molar-refractivity contribution is 5.45. The predicted molar refractivity (Wildman–Crippen MR) is 104 cm³/mol. The number of hydrogen-bond acceptors (Lipinski definition) is 6. The lowest BCUT2D eigenvalue weighted by Gasteiger charge is -2.22. The van der Waals surface area contributed by atoms with Crippen molar-refractivity contribution in [1.29, 1.82) is 0 Å². The molecule has 0 atom stereocenters. The van der Waals surface area contributed by atoms with E-state index in [0.29, 0.717) is 19.1 Å². The largest absolute Gasteiger partial charge is 0.497 e. The number of hydrogen-bond donors (Lipinski definition) is 1. The van der Waals surface area contributed by atoms with Crippen LogP contribution >= 0.6 is 0 Å². The first-order valence-electron chi connectivity index (χ1n) is 9.36. The Morgan fingerprint density at radius 1 is 1.00 bits per heavy atom. The Morgan fingerprint density at radius 2 is 1.69 bits per heavy atom. The van der Waals surface area contributed by atoms with E-state index >= 15 is 0 Å². The van der Waals surface area contributed by atoms with Crippen molar-refractivity contribution in [3.8, 4) is 11.5 Å². The molecule has 2 heterocycles. The fraction of sp³-hybridized carbons (Fsp3) is 0.500. The van der Waals surface area contributed by atoms with Crippen molar-refractivity contribution in [1.82, 2.24) is 9.97 Å². The minimum atomic E-state index is 0.544. The molecule has 0 unspecified atom stereocenters. The standard InChI is InChI=1S/C20H28N4O2/c1-16-15-19(24-12-5-3-4-6-13-24)23-20(22-16)21-11-14-26-18-9-7-17(25-2)8-10-18/h7-10,15H,3-6,11-14H2,1-2H3,(H,21,22,23). The molecule has 1 aromatic heterocycles. The number of rotatable bonds is 7. The van der Waals surface area contributed by atoms with Gasteiger partial charge in [0.25, 0.3) is 0 Å². The molecule has 0 spiro atoms. The molecule has 1 fully saturated rings. The van der Waals surface area contributed by atoms with Crippen LogP contribution in [0.15, 0.2) is 30.3 Å². The number of methoxy groups -OCH3 is 1. The van der Waals surface area contributed by atoms with Gasteiger partial charge in [-0.3, -0.25) is 0 Å². The van der Waals surface area contributed by atoms with Crippen molar-refractivity contribution in [3.05, 3.63) is 36.0 Å². The van der Waals surface area contributed by atoms with Gasteiger partial charge in [-0.25, -0.2) is 4.98 Å². The molecule has 0 radical (unpaired) electrons. The summed E-state index contributed by atoms with van der Waals surface area (Å²) >= 11 is 0. The van der Waals surface area contributed by atoms with E-state index in [1.165, 1.54) is 25.7 Å². The maximum atomic E-state index is 5.74. The van der Waals surface area contributed by atoms with Crippen LogP contribution in [0.25, 0.3) is 0 Å². The number of aromatic nitrogens is 2. The highest BCUT2D eigenvalue weighted by Gasteiger charge is 2.13. The van der Waals surface area contributed by atoms with E-state index in [4.69, 9.17) is 14.5 Å². The van der Waals surface area contributed by atoms with Gasteiger partial charge < -0.3 is 19.7 Å². The van der Waals surface area contributed by atoms with Crippen LogP contribution < -0.4 is 19.7 Å². The molecule has 26 heavy (non-hydrogen) atoms. The van der Waals surface area contributed by atoms with E-state index in [-0.39, 0.29) is 0 Å². The van der Waals surface area contributed by atoms with Gasteiger partial charge in [0.15, 0.2) is 0 Å². The molecular formula is C20H28N4O2. The molecule has 1 N–H and O–H groups in total. The smallest absolute Gasteiger partial charge is 0.224 e. The molecule has 140 valence electrons. The maximum absolute atomic E-state index is 5.74. The Balaban J connectivity index is 1.52. The summed E-state index contributed by atoms with van der Waals surface area (Å²) in [4.78, 5) is 11.6. The van der Waals surface area contributed by atoms with Crippen LogP contribution in [0.3, 0.4) is 0 Å². The summed E-state index contributed by atoms with van der Waals surface area (Å²) in [6.45, 7) is 5.37. The van der Waals surface area contributed by atoms with Crippen LogP contribution in [0.2, 0.25) is 0 Å². The van der Waals surface area contributed by atoms with E-state index < -0.39 is 0 Å². The Bertz CT molecular complexity index is 683. The van der Waals surface area contributed by atoms with Crippen LogP contribution in [0.4, 0.5) is 11.8 Å². The number of aryl methyl sites for hydroxylation is 1. The molecule has 1 aliphatic rings. The van der Waals surface area contributed by atoms with Gasteiger partial charge in [0, 0.05) is 24.8 Å². The van der Waals surface area contributed by atoms with E-state index in [9.17, 15) is 0 Å². The van der Waals surface area contributed by atoms with Crippen LogP contribution in [0.1, 0.15) is 31.4 Å². The first-order chi connectivity index (χ1) is 12.7. The van der Waals surface area contributed by atoms with Gasteiger partial charge in [-0.2, -0.15) is 4.98 Å². The van der Waals surface area contributed by atoms with Gasteiger partial charge in [0.2, 0.25) is 5.95 Å². The zero-order chi connectivity index (χ0) is 18.2. The Morgan fingerprint density at radius 3 is 2.38 bits per heavy atom. The minimum absolute atomic E-state index is 0.544. The van der Waals surface area contributed by atoms with Crippen molar-refractivity contribution in [2.75, 3.05) is 43.6 Å². The van der Waals surface area contributed by atoms with E-state index in [2.05, 4.69) is 21.3 Å². The zero-order valence-electron chi connectivity index (χ0n) is 15.7. The van der Waals surface area contributed by atoms with Gasteiger partial charge in [-0.15, -0.1) is 0 Å². The zero-order valence-corrected chi connectivity index (χ0v) is 15.7. The van der Waals surface area contributed by atoms with Crippen molar-refractivity contribution in [2.45, 2.75) is 32.6 Å². The third-order valence-electron chi connectivity index (χ3n) is 4.48.